The van der Waals surface area contributed by atoms with Crippen molar-refractivity contribution in [3.8, 4) is 0 Å². The lowest BCUT2D eigenvalue weighted by atomic mass is 10.1. The minimum Gasteiger partial charge on any atom is -0.376 e. The molecule has 9 heteroatoms. The van der Waals surface area contributed by atoms with Gasteiger partial charge in [-0.05, 0) is 31.0 Å². The number of rotatable bonds is 6. The van der Waals surface area contributed by atoms with Crippen LogP contribution in [0.15, 0.2) is 18.2 Å². The number of hydrogen-bond donors (Lipinski definition) is 1. The number of carbonyl (C=O) groups excluding carboxylic acids is 2. The molecule has 0 radical (unpaired) electrons. The maximum atomic E-state index is 13.0. The summed E-state index contributed by atoms with van der Waals surface area (Å²) >= 11 is 5.61. The maximum absolute atomic E-state index is 13.0. The van der Waals surface area contributed by atoms with Crippen molar-refractivity contribution in [3.05, 3.63) is 28.8 Å². The van der Waals surface area contributed by atoms with Gasteiger partial charge in [0.15, 0.2) is 0 Å². The Bertz CT molecular complexity index is 661. The van der Waals surface area contributed by atoms with Crippen LogP contribution in [0.25, 0.3) is 0 Å². The number of nitrogens with zero attached hydrogens (tertiary/aromatic N) is 1. The van der Waals surface area contributed by atoms with Gasteiger partial charge in [0, 0.05) is 38.1 Å². The Balaban J connectivity index is 1.96. The second-order valence-corrected chi connectivity index (χ2v) is 6.52. The molecule has 5 nitrogen and oxygen atoms in total. The molecule has 0 bridgehead atoms. The van der Waals surface area contributed by atoms with Crippen molar-refractivity contribution >= 4 is 29.1 Å². The van der Waals surface area contributed by atoms with Gasteiger partial charge in [-0.2, -0.15) is 13.2 Å². The average Bonchev–Trinajstić information content (AvgIpc) is 3.05. The molecule has 144 valence electrons. The largest absolute Gasteiger partial charge is 0.418 e. The summed E-state index contributed by atoms with van der Waals surface area (Å²) in [6.45, 7) is 2.51. The minimum atomic E-state index is -4.64. The fraction of sp³-hybridized carbons (Fsp3) is 0.529. The van der Waals surface area contributed by atoms with E-state index in [9.17, 15) is 22.8 Å². The summed E-state index contributed by atoms with van der Waals surface area (Å²) in [6.07, 6.45) is -3.05. The van der Waals surface area contributed by atoms with Gasteiger partial charge in [0.25, 0.3) is 0 Å². The van der Waals surface area contributed by atoms with Crippen LogP contribution in [0.4, 0.5) is 18.9 Å². The Morgan fingerprint density at radius 3 is 2.69 bits per heavy atom. The summed E-state index contributed by atoms with van der Waals surface area (Å²) in [5.74, 6) is -0.827. The number of carbonyl (C=O) groups is 2. The summed E-state index contributed by atoms with van der Waals surface area (Å²) in [4.78, 5) is 25.2. The Morgan fingerprint density at radius 1 is 1.38 bits per heavy atom. The molecule has 2 amide bonds. The number of ether oxygens (including phenoxy) is 1. The first-order valence-corrected chi connectivity index (χ1v) is 8.58. The van der Waals surface area contributed by atoms with Gasteiger partial charge in [0.05, 0.1) is 17.4 Å². The Hall–Kier alpha value is -1.80. The van der Waals surface area contributed by atoms with Crippen LogP contribution in [0.2, 0.25) is 5.02 Å². The lowest BCUT2D eigenvalue weighted by Crippen LogP contribution is -2.37. The van der Waals surface area contributed by atoms with Crippen LogP contribution < -0.4 is 5.32 Å². The monoisotopic (exact) mass is 392 g/mol. The fourth-order valence-electron chi connectivity index (χ4n) is 2.72. The van der Waals surface area contributed by atoms with Crippen LogP contribution in [-0.2, 0) is 20.5 Å². The molecule has 1 aromatic carbocycles. The van der Waals surface area contributed by atoms with E-state index in [1.165, 1.54) is 17.9 Å². The van der Waals surface area contributed by atoms with Crippen LogP contribution in [0, 0.1) is 0 Å². The number of halogens is 4. The highest BCUT2D eigenvalue weighted by molar-refractivity contribution is 6.30. The molecule has 1 atom stereocenters. The number of nitrogens with one attached hydrogen (secondary N) is 1. The first-order valence-electron chi connectivity index (χ1n) is 8.20. The normalized spacial score (nSPS) is 17.2. The van der Waals surface area contributed by atoms with Crippen LogP contribution >= 0.6 is 11.6 Å². The predicted octanol–water partition coefficient (Wildman–Crippen LogP) is 3.71. The van der Waals surface area contributed by atoms with Gasteiger partial charge in [0.2, 0.25) is 11.8 Å². The lowest BCUT2D eigenvalue weighted by Gasteiger charge is -2.24. The highest BCUT2D eigenvalue weighted by Crippen LogP contribution is 2.36. The number of amides is 2. The molecular formula is C17H20ClF3N2O3. The molecule has 1 aliphatic heterocycles. The molecule has 1 unspecified atom stereocenters. The van der Waals surface area contributed by atoms with Crippen molar-refractivity contribution in [3.63, 3.8) is 0 Å². The first-order chi connectivity index (χ1) is 12.2. The summed E-state index contributed by atoms with van der Waals surface area (Å²) in [5.41, 5.74) is -1.37. The third-order valence-corrected chi connectivity index (χ3v) is 4.30. The number of anilines is 1. The van der Waals surface area contributed by atoms with Gasteiger partial charge < -0.3 is 15.0 Å². The molecular weight excluding hydrogens is 373 g/mol. The minimum absolute atomic E-state index is 0.0601. The van der Waals surface area contributed by atoms with E-state index < -0.39 is 17.6 Å². The molecule has 1 N–H and O–H groups in total. The smallest absolute Gasteiger partial charge is 0.376 e. The van der Waals surface area contributed by atoms with E-state index in [1.807, 2.05) is 0 Å². The zero-order valence-electron chi connectivity index (χ0n) is 14.2. The molecule has 0 saturated carbocycles. The molecule has 1 aromatic rings. The summed E-state index contributed by atoms with van der Waals surface area (Å²) in [6, 6.07) is 3.14. The third-order valence-electron chi connectivity index (χ3n) is 4.06. The molecule has 1 fully saturated rings. The van der Waals surface area contributed by atoms with Crippen molar-refractivity contribution in [2.45, 2.75) is 38.5 Å². The van der Waals surface area contributed by atoms with Gasteiger partial charge in [-0.1, -0.05) is 11.6 Å². The zero-order chi connectivity index (χ0) is 19.3. The first kappa shape index (κ1) is 20.5. The summed E-state index contributed by atoms with van der Waals surface area (Å²) < 4.78 is 44.6. The van der Waals surface area contributed by atoms with E-state index in [2.05, 4.69) is 5.32 Å². The predicted molar refractivity (Wildman–Crippen MR) is 90.9 cm³/mol. The fourth-order valence-corrected chi connectivity index (χ4v) is 2.89. The second-order valence-electron chi connectivity index (χ2n) is 6.09. The molecule has 0 aliphatic carbocycles. The van der Waals surface area contributed by atoms with E-state index in [1.54, 1.807) is 0 Å². The molecule has 0 spiro atoms. The third kappa shape index (κ3) is 5.88. The van der Waals surface area contributed by atoms with Gasteiger partial charge in [-0.3, -0.25) is 9.59 Å². The van der Waals surface area contributed by atoms with E-state index in [-0.39, 0.29) is 35.7 Å². The Morgan fingerprint density at radius 2 is 2.12 bits per heavy atom. The highest BCUT2D eigenvalue weighted by atomic mass is 35.5. The summed E-state index contributed by atoms with van der Waals surface area (Å²) in [5, 5.41) is 2.17. The average molecular weight is 393 g/mol. The van der Waals surface area contributed by atoms with E-state index in [0.717, 1.165) is 25.0 Å². The number of alkyl halides is 3. The molecule has 26 heavy (non-hydrogen) atoms. The molecule has 2 rings (SSSR count). The quantitative estimate of drug-likeness (QED) is 0.802. The van der Waals surface area contributed by atoms with E-state index >= 15 is 0 Å². The van der Waals surface area contributed by atoms with Crippen molar-refractivity contribution in [1.29, 1.82) is 0 Å². The zero-order valence-corrected chi connectivity index (χ0v) is 15.0. The van der Waals surface area contributed by atoms with E-state index in [4.69, 9.17) is 16.3 Å². The molecule has 0 aromatic heterocycles. The van der Waals surface area contributed by atoms with Gasteiger partial charge in [-0.15, -0.1) is 0 Å². The highest BCUT2D eigenvalue weighted by Gasteiger charge is 2.34. The Labute approximate surface area is 154 Å². The van der Waals surface area contributed by atoms with Crippen molar-refractivity contribution in [2.24, 2.45) is 0 Å². The molecule has 1 saturated heterocycles. The van der Waals surface area contributed by atoms with Gasteiger partial charge >= 0.3 is 6.18 Å². The number of benzene rings is 1. The van der Waals surface area contributed by atoms with Crippen LogP contribution in [0.3, 0.4) is 0 Å². The van der Waals surface area contributed by atoms with Crippen LogP contribution in [-0.4, -0.2) is 42.5 Å². The van der Waals surface area contributed by atoms with Crippen LogP contribution in [0.5, 0.6) is 0 Å². The maximum Gasteiger partial charge on any atom is 0.418 e. The van der Waals surface area contributed by atoms with E-state index in [0.29, 0.717) is 13.2 Å². The summed E-state index contributed by atoms with van der Waals surface area (Å²) in [7, 11) is 0. The van der Waals surface area contributed by atoms with Crippen molar-refractivity contribution in [1.82, 2.24) is 4.90 Å². The van der Waals surface area contributed by atoms with Crippen LogP contribution in [0.1, 0.15) is 31.7 Å². The standard InChI is InChI=1S/C17H20ClF3N2O3/c1-11(24)23(10-13-3-2-8-26-13)7-6-16(25)22-15-5-4-12(18)9-14(15)17(19,20)21/h4-5,9,13H,2-3,6-8,10H2,1H3,(H,22,25). The lowest BCUT2D eigenvalue weighted by molar-refractivity contribution is -0.137. The topological polar surface area (TPSA) is 58.6 Å². The molecule has 1 aliphatic rings. The SMILES string of the molecule is CC(=O)N(CCC(=O)Nc1ccc(Cl)cc1C(F)(F)F)CC1CCCO1. The van der Waals surface area contributed by atoms with Gasteiger partial charge in [-0.25, -0.2) is 0 Å². The Kier molecular flexibility index (Phi) is 6.88. The van der Waals surface area contributed by atoms with Crippen molar-refractivity contribution in [2.75, 3.05) is 25.0 Å². The molecule has 1 heterocycles. The second kappa shape index (κ2) is 8.73. The van der Waals surface area contributed by atoms with Gasteiger partial charge in [0.1, 0.15) is 0 Å². The number of hydrogen-bond acceptors (Lipinski definition) is 3. The van der Waals surface area contributed by atoms with Crippen molar-refractivity contribution < 1.29 is 27.5 Å².